The van der Waals surface area contributed by atoms with Gasteiger partial charge in [0.2, 0.25) is 0 Å². The van der Waals surface area contributed by atoms with E-state index in [2.05, 4.69) is 15.8 Å². The van der Waals surface area contributed by atoms with Crippen LogP contribution in [0.25, 0.3) is 11.1 Å². The van der Waals surface area contributed by atoms with Crippen LogP contribution in [0.4, 0.5) is 0 Å². The van der Waals surface area contributed by atoms with Gasteiger partial charge in [-0.1, -0.05) is 0 Å². The minimum Gasteiger partial charge on any atom is -0.408 e. The van der Waals surface area contributed by atoms with Crippen LogP contribution in [0.15, 0.2) is 27.4 Å². The molecule has 1 aromatic carbocycles. The standard InChI is InChI=1S/C9H9N3O3/c1-10-12-8(13)5-2-3-7-6(4-5)11-9(14)15-7/h2-4,10H,1H3,(H,11,14)(H,12,13). The van der Waals surface area contributed by atoms with Crippen molar-refractivity contribution >= 4 is 17.0 Å². The topological polar surface area (TPSA) is 87.1 Å². The lowest BCUT2D eigenvalue weighted by Gasteiger charge is -2.01. The molecule has 0 saturated carbocycles. The summed E-state index contributed by atoms with van der Waals surface area (Å²) in [6, 6.07) is 4.69. The molecule has 0 radical (unpaired) electrons. The Morgan fingerprint density at radius 3 is 3.00 bits per heavy atom. The van der Waals surface area contributed by atoms with Gasteiger partial charge in [-0.25, -0.2) is 10.2 Å². The third-order valence-corrected chi connectivity index (χ3v) is 1.92. The maximum absolute atomic E-state index is 11.4. The number of benzene rings is 1. The maximum Gasteiger partial charge on any atom is 0.417 e. The third-order valence-electron chi connectivity index (χ3n) is 1.92. The number of carbonyl (C=O) groups is 1. The minimum atomic E-state index is -0.531. The maximum atomic E-state index is 11.4. The Kier molecular flexibility index (Phi) is 2.26. The quantitative estimate of drug-likeness (QED) is 0.604. The summed E-state index contributed by atoms with van der Waals surface area (Å²) in [6.07, 6.45) is 0. The molecule has 0 bridgehead atoms. The first kappa shape index (κ1) is 9.47. The highest BCUT2D eigenvalue weighted by atomic mass is 16.4. The number of hydrogen-bond donors (Lipinski definition) is 3. The highest BCUT2D eigenvalue weighted by Crippen LogP contribution is 2.11. The summed E-state index contributed by atoms with van der Waals surface area (Å²) in [5, 5.41) is 0. The normalized spacial score (nSPS) is 10.5. The number of fused-ring (bicyclic) bond motifs is 1. The van der Waals surface area contributed by atoms with Gasteiger partial charge < -0.3 is 4.42 Å². The van der Waals surface area contributed by atoms with E-state index in [1.54, 1.807) is 25.2 Å². The molecular formula is C9H9N3O3. The molecule has 2 rings (SSSR count). The Hall–Kier alpha value is -2.08. The predicted octanol–water partition coefficient (Wildman–Crippen LogP) is -0.0147. The number of aromatic amines is 1. The van der Waals surface area contributed by atoms with Crippen molar-refractivity contribution in [1.82, 2.24) is 15.8 Å². The predicted molar refractivity (Wildman–Crippen MR) is 53.4 cm³/mol. The second kappa shape index (κ2) is 3.58. The van der Waals surface area contributed by atoms with Gasteiger partial charge in [-0.15, -0.1) is 0 Å². The largest absolute Gasteiger partial charge is 0.417 e. The van der Waals surface area contributed by atoms with E-state index in [9.17, 15) is 9.59 Å². The summed E-state index contributed by atoms with van der Waals surface area (Å²) in [5.74, 6) is -0.808. The van der Waals surface area contributed by atoms with Crippen molar-refractivity contribution < 1.29 is 9.21 Å². The molecule has 3 N–H and O–H groups in total. The highest BCUT2D eigenvalue weighted by molar-refractivity contribution is 5.96. The van der Waals surface area contributed by atoms with E-state index < -0.39 is 5.76 Å². The number of aromatic nitrogens is 1. The monoisotopic (exact) mass is 207 g/mol. The average molecular weight is 207 g/mol. The number of hydrogen-bond acceptors (Lipinski definition) is 4. The Bertz CT molecular complexity index is 555. The van der Waals surface area contributed by atoms with Crippen LogP contribution < -0.4 is 16.6 Å². The summed E-state index contributed by atoms with van der Waals surface area (Å²) >= 11 is 0. The van der Waals surface area contributed by atoms with Crippen molar-refractivity contribution in [3.63, 3.8) is 0 Å². The summed E-state index contributed by atoms with van der Waals surface area (Å²) in [4.78, 5) is 24.7. The smallest absolute Gasteiger partial charge is 0.408 e. The molecular weight excluding hydrogens is 198 g/mol. The van der Waals surface area contributed by atoms with Crippen LogP contribution in [0.5, 0.6) is 0 Å². The van der Waals surface area contributed by atoms with Gasteiger partial charge in [-0.05, 0) is 18.2 Å². The minimum absolute atomic E-state index is 0.276. The van der Waals surface area contributed by atoms with Crippen molar-refractivity contribution in [3.8, 4) is 0 Å². The number of oxazole rings is 1. The van der Waals surface area contributed by atoms with Crippen molar-refractivity contribution in [3.05, 3.63) is 34.3 Å². The van der Waals surface area contributed by atoms with Gasteiger partial charge in [0.15, 0.2) is 5.58 Å². The summed E-state index contributed by atoms with van der Waals surface area (Å²) < 4.78 is 4.80. The van der Waals surface area contributed by atoms with Gasteiger partial charge >= 0.3 is 5.76 Å². The number of H-pyrrole nitrogens is 1. The zero-order valence-corrected chi connectivity index (χ0v) is 7.96. The number of carbonyl (C=O) groups excluding carboxylic acids is 1. The molecule has 0 atom stereocenters. The lowest BCUT2D eigenvalue weighted by atomic mass is 10.2. The van der Waals surface area contributed by atoms with Gasteiger partial charge in [0, 0.05) is 12.6 Å². The van der Waals surface area contributed by atoms with Crippen LogP contribution in [-0.4, -0.2) is 17.9 Å². The zero-order chi connectivity index (χ0) is 10.8. The molecule has 6 nitrogen and oxygen atoms in total. The second-order valence-corrected chi connectivity index (χ2v) is 2.93. The molecule has 78 valence electrons. The fourth-order valence-electron chi connectivity index (χ4n) is 1.28. The molecule has 1 heterocycles. The summed E-state index contributed by atoms with van der Waals surface area (Å²) in [5.41, 5.74) is 6.32. The molecule has 0 unspecified atom stereocenters. The van der Waals surface area contributed by atoms with Crippen molar-refractivity contribution in [2.45, 2.75) is 0 Å². The molecule has 0 fully saturated rings. The molecule has 6 heteroatoms. The van der Waals surface area contributed by atoms with E-state index >= 15 is 0 Å². The van der Waals surface area contributed by atoms with Crippen LogP contribution in [0.2, 0.25) is 0 Å². The fraction of sp³-hybridized carbons (Fsp3) is 0.111. The molecule has 0 spiro atoms. The first-order valence-electron chi connectivity index (χ1n) is 4.30. The van der Waals surface area contributed by atoms with E-state index in [-0.39, 0.29) is 5.91 Å². The molecule has 0 aliphatic heterocycles. The van der Waals surface area contributed by atoms with Gasteiger partial charge in [0.05, 0.1) is 5.52 Å². The molecule has 2 aromatic rings. The van der Waals surface area contributed by atoms with E-state index in [0.29, 0.717) is 16.7 Å². The fourth-order valence-corrected chi connectivity index (χ4v) is 1.28. The zero-order valence-electron chi connectivity index (χ0n) is 7.96. The average Bonchev–Trinajstić information content (AvgIpc) is 2.57. The number of nitrogens with one attached hydrogen (secondary N) is 3. The van der Waals surface area contributed by atoms with E-state index in [1.807, 2.05) is 0 Å². The molecule has 15 heavy (non-hydrogen) atoms. The summed E-state index contributed by atoms with van der Waals surface area (Å²) in [6.45, 7) is 0. The second-order valence-electron chi connectivity index (χ2n) is 2.93. The van der Waals surface area contributed by atoms with Crippen LogP contribution >= 0.6 is 0 Å². The SMILES string of the molecule is CNNC(=O)c1ccc2oc(=O)[nH]c2c1. The van der Waals surface area contributed by atoms with Crippen LogP contribution in [0, 0.1) is 0 Å². The Morgan fingerprint density at radius 2 is 2.27 bits per heavy atom. The lowest BCUT2D eigenvalue weighted by molar-refractivity contribution is 0.0938. The lowest BCUT2D eigenvalue weighted by Crippen LogP contribution is -2.34. The van der Waals surface area contributed by atoms with Crippen LogP contribution in [0.1, 0.15) is 10.4 Å². The van der Waals surface area contributed by atoms with E-state index in [4.69, 9.17) is 4.42 Å². The number of rotatable bonds is 2. The first-order valence-corrected chi connectivity index (χ1v) is 4.30. The van der Waals surface area contributed by atoms with Gasteiger partial charge in [-0.2, -0.15) is 0 Å². The van der Waals surface area contributed by atoms with Gasteiger partial charge in [0.25, 0.3) is 5.91 Å². The van der Waals surface area contributed by atoms with Crippen LogP contribution in [0.3, 0.4) is 0 Å². The van der Waals surface area contributed by atoms with E-state index in [0.717, 1.165) is 0 Å². The van der Waals surface area contributed by atoms with Crippen molar-refractivity contribution in [2.75, 3.05) is 7.05 Å². The Labute approximate surface area is 84.2 Å². The first-order chi connectivity index (χ1) is 7.20. The Morgan fingerprint density at radius 1 is 1.47 bits per heavy atom. The number of hydrazine groups is 1. The molecule has 1 amide bonds. The van der Waals surface area contributed by atoms with E-state index in [1.165, 1.54) is 0 Å². The van der Waals surface area contributed by atoms with Crippen LogP contribution in [-0.2, 0) is 0 Å². The molecule has 1 aromatic heterocycles. The molecule has 0 aliphatic carbocycles. The van der Waals surface area contributed by atoms with Gasteiger partial charge in [0.1, 0.15) is 0 Å². The van der Waals surface area contributed by atoms with Crippen molar-refractivity contribution in [1.29, 1.82) is 0 Å². The summed E-state index contributed by atoms with van der Waals surface area (Å²) in [7, 11) is 1.59. The molecule has 0 aliphatic rings. The van der Waals surface area contributed by atoms with Gasteiger partial charge in [-0.3, -0.25) is 15.2 Å². The highest BCUT2D eigenvalue weighted by Gasteiger charge is 2.07. The Balaban J connectivity index is 2.46. The number of amides is 1. The van der Waals surface area contributed by atoms with Crippen molar-refractivity contribution in [2.24, 2.45) is 0 Å². The molecule has 0 saturated heterocycles. The third kappa shape index (κ3) is 1.75.